The summed E-state index contributed by atoms with van der Waals surface area (Å²) in [5.74, 6) is -16.7. The molecule has 63 heavy (non-hydrogen) atoms. The molecule has 0 unspecified atom stereocenters. The number of phenolic OH excluding ortho intramolecular Hbond substituents is 16. The summed E-state index contributed by atoms with van der Waals surface area (Å²) in [4.78, 5) is 0. The monoisotopic (exact) mass is 852 g/mol. The van der Waals surface area contributed by atoms with Gasteiger partial charge in [-0.25, -0.2) is 0 Å². The number of rotatable bonds is 3. The molecule has 16 N–H and O–H groups in total. The summed E-state index contributed by atoms with van der Waals surface area (Å²) in [5, 5.41) is 172. The van der Waals surface area contributed by atoms with E-state index in [1.54, 1.807) is 60.7 Å². The molecule has 0 saturated heterocycles. The van der Waals surface area contributed by atoms with E-state index < -0.39 is 141 Å². The van der Waals surface area contributed by atoms with Gasteiger partial charge in [-0.3, -0.25) is 0 Å². The normalized spacial score (nSPS) is 11.9. The van der Waals surface area contributed by atoms with E-state index in [4.69, 9.17) is 4.42 Å². The summed E-state index contributed by atoms with van der Waals surface area (Å²) in [5.41, 5.74) is -0.701. The van der Waals surface area contributed by atoms with Crippen LogP contribution in [0.1, 0.15) is 0 Å². The minimum Gasteiger partial charge on any atom is -0.506 e. The Kier molecular flexibility index (Phi) is 7.55. The smallest absolute Gasteiger partial charge is 0.205 e. The Hall–Kier alpha value is -9.38. The Balaban J connectivity index is 1.23. The average Bonchev–Trinajstić information content (AvgIpc) is 3.70. The number of aromatic hydroxyl groups is 16. The van der Waals surface area contributed by atoms with E-state index in [0.717, 1.165) is 0 Å². The van der Waals surface area contributed by atoms with Crippen molar-refractivity contribution < 1.29 is 86.1 Å². The van der Waals surface area contributed by atoms with E-state index in [0.29, 0.717) is 32.7 Å². The van der Waals surface area contributed by atoms with Gasteiger partial charge in [0, 0.05) is 5.56 Å². The van der Waals surface area contributed by atoms with Gasteiger partial charge >= 0.3 is 0 Å². The topological polar surface area (TPSA) is 337 Å². The van der Waals surface area contributed by atoms with E-state index in [2.05, 4.69) is 0 Å². The fourth-order valence-electron chi connectivity index (χ4n) is 8.73. The fourth-order valence-corrected chi connectivity index (χ4v) is 8.73. The summed E-state index contributed by atoms with van der Waals surface area (Å²) in [6.07, 6.45) is 0. The SMILES string of the molecule is Oc1c(-c2c3ccccc3c(-c3ccc(-c4c(O)c(O)c5c(O)c(O)c(O)c(O)c5c4O)cc3)c3ccccc23)c(O)c2c(oc3c(O)c4c(O)c(O)c(O)c(O)c4c(O)c32)c1O. The Bertz CT molecular complexity index is 3680. The van der Waals surface area contributed by atoms with Crippen LogP contribution in [0, 0.1) is 0 Å². The van der Waals surface area contributed by atoms with Crippen LogP contribution in [-0.2, 0) is 0 Å². The Morgan fingerprint density at radius 2 is 0.540 bits per heavy atom. The van der Waals surface area contributed by atoms with Crippen LogP contribution in [-0.4, -0.2) is 81.7 Å². The second-order valence-electron chi connectivity index (χ2n) is 14.8. The van der Waals surface area contributed by atoms with Crippen molar-refractivity contribution in [2.75, 3.05) is 0 Å². The molecular formula is C46H28O17. The lowest BCUT2D eigenvalue weighted by molar-refractivity contribution is 0.347. The van der Waals surface area contributed by atoms with Crippen LogP contribution in [0.15, 0.2) is 77.2 Å². The predicted octanol–water partition coefficient (Wildman–Crippen LogP) is 8.49. The molecule has 0 fully saturated rings. The minimum atomic E-state index is -1.24. The lowest BCUT2D eigenvalue weighted by Gasteiger charge is -2.20. The highest BCUT2D eigenvalue weighted by molar-refractivity contribution is 6.28. The lowest BCUT2D eigenvalue weighted by atomic mass is 9.84. The van der Waals surface area contributed by atoms with E-state index in [1.807, 2.05) is 0 Å². The van der Waals surface area contributed by atoms with Crippen molar-refractivity contribution in [1.29, 1.82) is 0 Å². The summed E-state index contributed by atoms with van der Waals surface area (Å²) < 4.78 is 5.67. The first kappa shape index (κ1) is 37.9. The van der Waals surface area contributed by atoms with Gasteiger partial charge in [0.05, 0.1) is 43.4 Å². The van der Waals surface area contributed by atoms with Crippen molar-refractivity contribution in [1.82, 2.24) is 0 Å². The maximum atomic E-state index is 12.2. The van der Waals surface area contributed by atoms with Gasteiger partial charge in [0.2, 0.25) is 28.7 Å². The zero-order chi connectivity index (χ0) is 44.8. The third kappa shape index (κ3) is 4.63. The first-order valence-electron chi connectivity index (χ1n) is 18.5. The van der Waals surface area contributed by atoms with Crippen molar-refractivity contribution in [3.05, 3.63) is 72.8 Å². The van der Waals surface area contributed by atoms with Crippen LogP contribution in [0.3, 0.4) is 0 Å². The van der Waals surface area contributed by atoms with Gasteiger partial charge in [0.15, 0.2) is 57.2 Å². The van der Waals surface area contributed by atoms with E-state index in [1.165, 1.54) is 12.1 Å². The fraction of sp³-hybridized carbons (Fsp3) is 0. The molecule has 1 aromatic heterocycles. The Morgan fingerprint density at radius 1 is 0.222 bits per heavy atom. The number of fused-ring (bicyclic) bond motifs is 7. The number of phenols is 16. The molecule has 9 aromatic carbocycles. The van der Waals surface area contributed by atoms with E-state index in [-0.39, 0.29) is 16.7 Å². The highest BCUT2D eigenvalue weighted by atomic mass is 16.4. The van der Waals surface area contributed by atoms with Crippen molar-refractivity contribution in [2.24, 2.45) is 0 Å². The molecule has 17 heteroatoms. The molecule has 0 aliphatic carbocycles. The molecule has 1 heterocycles. The first-order valence-corrected chi connectivity index (χ1v) is 18.5. The van der Waals surface area contributed by atoms with Crippen molar-refractivity contribution in [2.45, 2.75) is 0 Å². The first-order chi connectivity index (χ1) is 30.0. The van der Waals surface area contributed by atoms with E-state index in [9.17, 15) is 81.7 Å². The van der Waals surface area contributed by atoms with Crippen molar-refractivity contribution >= 4 is 65.0 Å². The van der Waals surface area contributed by atoms with Gasteiger partial charge in [-0.05, 0) is 38.2 Å². The van der Waals surface area contributed by atoms with Crippen LogP contribution < -0.4 is 0 Å². The van der Waals surface area contributed by atoms with Crippen molar-refractivity contribution in [3.8, 4) is 125 Å². The largest absolute Gasteiger partial charge is 0.506 e. The third-order valence-electron chi connectivity index (χ3n) is 11.6. The molecule has 0 atom stereocenters. The zero-order valence-corrected chi connectivity index (χ0v) is 31.5. The molecule has 10 rings (SSSR count). The number of benzene rings is 9. The molecule has 314 valence electrons. The predicted molar refractivity (Wildman–Crippen MR) is 227 cm³/mol. The van der Waals surface area contributed by atoms with Gasteiger partial charge in [-0.15, -0.1) is 0 Å². The second-order valence-corrected chi connectivity index (χ2v) is 14.8. The molecule has 10 aromatic rings. The quantitative estimate of drug-likeness (QED) is 0.0450. The number of furan rings is 1. The third-order valence-corrected chi connectivity index (χ3v) is 11.6. The molecule has 0 bridgehead atoms. The lowest BCUT2D eigenvalue weighted by Crippen LogP contribution is -1.92. The zero-order valence-electron chi connectivity index (χ0n) is 31.5. The van der Waals surface area contributed by atoms with Crippen LogP contribution in [0.4, 0.5) is 0 Å². The Labute approximate surface area is 348 Å². The van der Waals surface area contributed by atoms with E-state index >= 15 is 0 Å². The molecule has 0 saturated carbocycles. The maximum absolute atomic E-state index is 12.2. The minimum absolute atomic E-state index is 0.0891. The second kappa shape index (κ2) is 12.6. The Morgan fingerprint density at radius 3 is 1.02 bits per heavy atom. The molecule has 0 aliphatic heterocycles. The van der Waals surface area contributed by atoms with Crippen LogP contribution >= 0.6 is 0 Å². The van der Waals surface area contributed by atoms with Crippen LogP contribution in [0.25, 0.3) is 98.4 Å². The maximum Gasteiger partial charge on any atom is 0.205 e. The van der Waals surface area contributed by atoms with Gasteiger partial charge in [-0.1, -0.05) is 72.8 Å². The van der Waals surface area contributed by atoms with Gasteiger partial charge < -0.3 is 86.1 Å². The van der Waals surface area contributed by atoms with Crippen LogP contribution in [0.2, 0.25) is 0 Å². The van der Waals surface area contributed by atoms with Gasteiger partial charge in [0.1, 0.15) is 17.2 Å². The molecule has 0 aliphatic rings. The highest BCUT2D eigenvalue weighted by Crippen LogP contribution is 2.63. The molecule has 0 spiro atoms. The number of hydrogen-bond donors (Lipinski definition) is 16. The van der Waals surface area contributed by atoms with Crippen molar-refractivity contribution in [3.63, 3.8) is 0 Å². The van der Waals surface area contributed by atoms with Crippen LogP contribution in [0.5, 0.6) is 92.0 Å². The average molecular weight is 853 g/mol. The standard InChI is InChI=1S/C46H28O17/c47-29-20(32(50)33(51)25-23(29)34(52)40(58)42(60)36(25)54)14-11-9-13(10-12-14)19-15-5-1-3-7-17(15)21(18-8-4-2-6-16(18)19)22-30(48)28-27-31(49)24-26(37(55)43(61)41(59)35(24)53)39(57)45(27)63-46(28)44(62)38(22)56/h1-12,47-62H. The summed E-state index contributed by atoms with van der Waals surface area (Å²) in [7, 11) is 0. The number of hydrogen-bond acceptors (Lipinski definition) is 17. The van der Waals surface area contributed by atoms with Gasteiger partial charge in [0.25, 0.3) is 0 Å². The van der Waals surface area contributed by atoms with Gasteiger partial charge in [-0.2, -0.15) is 0 Å². The molecule has 0 radical (unpaired) electrons. The summed E-state index contributed by atoms with van der Waals surface area (Å²) in [6, 6.07) is 19.7. The molecular weight excluding hydrogens is 824 g/mol. The molecule has 0 amide bonds. The molecule has 17 nitrogen and oxygen atoms in total. The highest BCUT2D eigenvalue weighted by Gasteiger charge is 2.34. The summed E-state index contributed by atoms with van der Waals surface area (Å²) in [6.45, 7) is 0. The summed E-state index contributed by atoms with van der Waals surface area (Å²) >= 11 is 0.